The fraction of sp³-hybridized carbons (Fsp3) is 0.500. The van der Waals surface area contributed by atoms with Crippen molar-refractivity contribution in [3.8, 4) is 0 Å². The molecule has 2 N–H and O–H groups in total. The molecular weight excluding hydrogens is 207 g/mol. The molecule has 0 aliphatic carbocycles. The Morgan fingerprint density at radius 1 is 1.56 bits per heavy atom. The lowest BCUT2D eigenvalue weighted by molar-refractivity contribution is 0.179. The summed E-state index contributed by atoms with van der Waals surface area (Å²) < 4.78 is 18.3. The maximum Gasteiger partial charge on any atom is 0.125 e. The van der Waals surface area contributed by atoms with Crippen molar-refractivity contribution in [3.05, 3.63) is 29.6 Å². The highest BCUT2D eigenvalue weighted by atomic mass is 19.1. The van der Waals surface area contributed by atoms with Gasteiger partial charge in [-0.3, -0.25) is 0 Å². The van der Waals surface area contributed by atoms with Crippen LogP contribution in [0.15, 0.2) is 18.2 Å². The van der Waals surface area contributed by atoms with Crippen LogP contribution in [0.2, 0.25) is 0 Å². The second-order valence-corrected chi connectivity index (χ2v) is 4.06. The zero-order chi connectivity index (χ0) is 11.5. The average molecular weight is 224 g/mol. The van der Waals surface area contributed by atoms with Crippen molar-refractivity contribution in [2.75, 3.05) is 31.7 Å². The van der Waals surface area contributed by atoms with Gasteiger partial charge in [0.05, 0.1) is 12.6 Å². The molecule has 16 heavy (non-hydrogen) atoms. The molecule has 1 aromatic rings. The number of ether oxygens (including phenoxy) is 1. The fourth-order valence-electron chi connectivity index (χ4n) is 2.23. The Morgan fingerprint density at radius 2 is 2.38 bits per heavy atom. The molecule has 0 fully saturated rings. The predicted octanol–water partition coefficient (Wildman–Crippen LogP) is 1.16. The number of rotatable bonds is 4. The number of fused-ring (bicyclic) bond motifs is 1. The molecule has 0 saturated heterocycles. The van der Waals surface area contributed by atoms with Gasteiger partial charge in [0, 0.05) is 25.9 Å². The van der Waals surface area contributed by atoms with Crippen molar-refractivity contribution in [2.24, 2.45) is 5.73 Å². The first kappa shape index (κ1) is 11.4. The molecule has 1 unspecified atom stereocenters. The minimum Gasteiger partial charge on any atom is -0.383 e. The molecule has 0 amide bonds. The van der Waals surface area contributed by atoms with Crippen LogP contribution < -0.4 is 10.6 Å². The Bertz CT molecular complexity index is 370. The van der Waals surface area contributed by atoms with Crippen molar-refractivity contribution >= 4 is 5.69 Å². The summed E-state index contributed by atoms with van der Waals surface area (Å²) in [7, 11) is 1.66. The van der Waals surface area contributed by atoms with Crippen LogP contribution in [-0.2, 0) is 11.2 Å². The third-order valence-electron chi connectivity index (χ3n) is 3.05. The second kappa shape index (κ2) is 4.80. The molecule has 0 radical (unpaired) electrons. The third-order valence-corrected chi connectivity index (χ3v) is 3.05. The summed E-state index contributed by atoms with van der Waals surface area (Å²) in [6.45, 7) is 1.99. The molecule has 0 spiro atoms. The number of methoxy groups -OCH3 is 1. The van der Waals surface area contributed by atoms with Gasteiger partial charge in [-0.2, -0.15) is 0 Å². The molecule has 0 aromatic heterocycles. The molecule has 0 bridgehead atoms. The topological polar surface area (TPSA) is 38.5 Å². The Balaban J connectivity index is 2.24. The van der Waals surface area contributed by atoms with Crippen molar-refractivity contribution in [1.29, 1.82) is 0 Å². The minimum atomic E-state index is -0.196. The number of nitrogens with two attached hydrogens (primary N) is 1. The van der Waals surface area contributed by atoms with Gasteiger partial charge in [-0.25, -0.2) is 4.39 Å². The fourth-order valence-corrected chi connectivity index (χ4v) is 2.23. The lowest BCUT2D eigenvalue weighted by atomic mass is 10.1. The van der Waals surface area contributed by atoms with Crippen LogP contribution in [0.5, 0.6) is 0 Å². The van der Waals surface area contributed by atoms with E-state index in [0.717, 1.165) is 18.7 Å². The molecule has 1 aromatic carbocycles. The zero-order valence-electron chi connectivity index (χ0n) is 9.45. The number of halogens is 1. The van der Waals surface area contributed by atoms with E-state index < -0.39 is 0 Å². The number of anilines is 1. The van der Waals surface area contributed by atoms with E-state index in [-0.39, 0.29) is 11.9 Å². The molecule has 1 atom stereocenters. The lowest BCUT2D eigenvalue weighted by Crippen LogP contribution is -2.42. The number of hydrogen-bond donors (Lipinski definition) is 1. The molecule has 1 aliphatic heterocycles. The first-order valence-corrected chi connectivity index (χ1v) is 5.50. The van der Waals surface area contributed by atoms with Crippen LogP contribution in [0.1, 0.15) is 5.56 Å². The molecule has 1 heterocycles. The van der Waals surface area contributed by atoms with Gasteiger partial charge >= 0.3 is 0 Å². The predicted molar refractivity (Wildman–Crippen MR) is 62.2 cm³/mol. The minimum absolute atomic E-state index is 0.132. The van der Waals surface area contributed by atoms with Gasteiger partial charge in [0.25, 0.3) is 0 Å². The monoisotopic (exact) mass is 224 g/mol. The second-order valence-electron chi connectivity index (χ2n) is 4.06. The lowest BCUT2D eigenvalue weighted by Gasteiger charge is -2.28. The van der Waals surface area contributed by atoms with Gasteiger partial charge < -0.3 is 15.4 Å². The van der Waals surface area contributed by atoms with E-state index in [9.17, 15) is 4.39 Å². The quantitative estimate of drug-likeness (QED) is 0.834. The zero-order valence-corrected chi connectivity index (χ0v) is 9.45. The third kappa shape index (κ3) is 2.03. The number of benzene rings is 1. The summed E-state index contributed by atoms with van der Waals surface area (Å²) >= 11 is 0. The van der Waals surface area contributed by atoms with Gasteiger partial charge in [-0.1, -0.05) is 6.07 Å². The average Bonchev–Trinajstić information content (AvgIpc) is 2.69. The summed E-state index contributed by atoms with van der Waals surface area (Å²) in [6.07, 6.45) is 0.954. The van der Waals surface area contributed by atoms with Crippen molar-refractivity contribution in [3.63, 3.8) is 0 Å². The summed E-state index contributed by atoms with van der Waals surface area (Å²) in [5.41, 5.74) is 7.87. The normalized spacial score (nSPS) is 16.3. The first-order valence-electron chi connectivity index (χ1n) is 5.50. The van der Waals surface area contributed by atoms with E-state index in [1.54, 1.807) is 13.2 Å². The Morgan fingerprint density at radius 3 is 3.06 bits per heavy atom. The smallest absolute Gasteiger partial charge is 0.125 e. The highest BCUT2D eigenvalue weighted by molar-refractivity contribution is 5.59. The van der Waals surface area contributed by atoms with Crippen LogP contribution in [-0.4, -0.2) is 32.8 Å². The van der Waals surface area contributed by atoms with Crippen LogP contribution >= 0.6 is 0 Å². The number of hydrogen-bond acceptors (Lipinski definition) is 3. The van der Waals surface area contributed by atoms with Gasteiger partial charge in [-0.05, 0) is 24.1 Å². The summed E-state index contributed by atoms with van der Waals surface area (Å²) in [6, 6.07) is 5.08. The molecule has 3 nitrogen and oxygen atoms in total. The van der Waals surface area contributed by atoms with Crippen LogP contribution in [0.3, 0.4) is 0 Å². The van der Waals surface area contributed by atoms with Gasteiger partial charge in [-0.15, -0.1) is 0 Å². The Hall–Kier alpha value is -1.13. The van der Waals surface area contributed by atoms with Gasteiger partial charge in [0.15, 0.2) is 0 Å². The molecule has 4 heteroatoms. The molecular formula is C12H17FN2O. The summed E-state index contributed by atoms with van der Waals surface area (Å²) in [5.74, 6) is -0.196. The van der Waals surface area contributed by atoms with Crippen molar-refractivity contribution in [2.45, 2.75) is 12.5 Å². The molecule has 1 aliphatic rings. The van der Waals surface area contributed by atoms with E-state index in [2.05, 4.69) is 4.90 Å². The van der Waals surface area contributed by atoms with E-state index in [4.69, 9.17) is 10.5 Å². The maximum absolute atomic E-state index is 13.2. The van der Waals surface area contributed by atoms with Crippen molar-refractivity contribution < 1.29 is 9.13 Å². The van der Waals surface area contributed by atoms with Crippen LogP contribution in [0.4, 0.5) is 10.1 Å². The highest BCUT2D eigenvalue weighted by Crippen LogP contribution is 2.30. The van der Waals surface area contributed by atoms with Crippen LogP contribution in [0, 0.1) is 5.82 Å². The van der Waals surface area contributed by atoms with E-state index in [0.29, 0.717) is 13.2 Å². The summed E-state index contributed by atoms with van der Waals surface area (Å²) in [4.78, 5) is 2.14. The Labute approximate surface area is 95.0 Å². The Kier molecular flexibility index (Phi) is 3.41. The molecule has 88 valence electrons. The van der Waals surface area contributed by atoms with Gasteiger partial charge in [0.1, 0.15) is 5.82 Å². The van der Waals surface area contributed by atoms with E-state index in [1.807, 2.05) is 6.07 Å². The largest absolute Gasteiger partial charge is 0.383 e. The SMILES string of the molecule is COCC(CN)N1CCc2ccc(F)cc21. The summed E-state index contributed by atoms with van der Waals surface area (Å²) in [5, 5.41) is 0. The molecule has 2 rings (SSSR count). The maximum atomic E-state index is 13.2. The first-order chi connectivity index (χ1) is 7.76. The van der Waals surface area contributed by atoms with Crippen molar-refractivity contribution in [1.82, 2.24) is 0 Å². The van der Waals surface area contributed by atoms with Gasteiger partial charge in [0.2, 0.25) is 0 Å². The van der Waals surface area contributed by atoms with Crippen LogP contribution in [0.25, 0.3) is 0 Å². The standard InChI is InChI=1S/C12H17FN2O/c1-16-8-11(7-14)15-5-4-9-2-3-10(13)6-12(9)15/h2-3,6,11H,4-5,7-8,14H2,1H3. The molecule has 0 saturated carbocycles. The van der Waals surface area contributed by atoms with E-state index in [1.165, 1.54) is 11.6 Å². The number of nitrogens with zero attached hydrogens (tertiary/aromatic N) is 1. The van der Waals surface area contributed by atoms with E-state index >= 15 is 0 Å². The highest BCUT2D eigenvalue weighted by Gasteiger charge is 2.25.